The Morgan fingerprint density at radius 3 is 2.80 bits per heavy atom. The fourth-order valence-corrected chi connectivity index (χ4v) is 2.89. The van der Waals surface area contributed by atoms with E-state index in [1.54, 1.807) is 6.92 Å². The predicted octanol–water partition coefficient (Wildman–Crippen LogP) is 1.83. The van der Waals surface area contributed by atoms with Gasteiger partial charge in [-0.2, -0.15) is 0 Å². The van der Waals surface area contributed by atoms with Crippen LogP contribution in [0, 0.1) is 5.41 Å². The van der Waals surface area contributed by atoms with E-state index in [9.17, 15) is 10.2 Å². The van der Waals surface area contributed by atoms with Gasteiger partial charge in [-0.3, -0.25) is 0 Å². The monoisotopic (exact) mass is 275 g/mol. The summed E-state index contributed by atoms with van der Waals surface area (Å²) in [7, 11) is 0. The summed E-state index contributed by atoms with van der Waals surface area (Å²) in [6.45, 7) is 2.74. The number of anilines is 1. The second-order valence-corrected chi connectivity index (χ2v) is 5.95. The molecule has 1 fully saturated rings. The van der Waals surface area contributed by atoms with Gasteiger partial charge in [-0.15, -0.1) is 0 Å². The maximum absolute atomic E-state index is 9.96. The van der Waals surface area contributed by atoms with Gasteiger partial charge in [-0.05, 0) is 49.8 Å². The van der Waals surface area contributed by atoms with E-state index in [0.29, 0.717) is 11.5 Å². The highest BCUT2D eigenvalue weighted by molar-refractivity contribution is 5.79. The molecule has 1 unspecified atom stereocenters. The zero-order chi connectivity index (χ0) is 14.3. The van der Waals surface area contributed by atoms with Crippen LogP contribution in [-0.4, -0.2) is 26.4 Å². The van der Waals surface area contributed by atoms with Crippen molar-refractivity contribution >= 4 is 16.7 Å². The maximum Gasteiger partial charge on any atom is 0.138 e. The van der Waals surface area contributed by atoms with Crippen molar-refractivity contribution in [2.75, 3.05) is 12.3 Å². The van der Waals surface area contributed by atoms with E-state index in [4.69, 9.17) is 5.73 Å². The van der Waals surface area contributed by atoms with Gasteiger partial charge < -0.3 is 20.5 Å². The van der Waals surface area contributed by atoms with Crippen LogP contribution in [0.2, 0.25) is 0 Å². The molecule has 2 aromatic rings. The first-order chi connectivity index (χ1) is 9.54. The fourth-order valence-electron chi connectivity index (χ4n) is 2.89. The molecule has 20 heavy (non-hydrogen) atoms. The summed E-state index contributed by atoms with van der Waals surface area (Å²) in [5.41, 5.74) is 8.47. The van der Waals surface area contributed by atoms with Gasteiger partial charge in [0, 0.05) is 18.8 Å². The molecule has 0 aliphatic heterocycles. The van der Waals surface area contributed by atoms with Crippen LogP contribution < -0.4 is 5.73 Å². The summed E-state index contributed by atoms with van der Waals surface area (Å²) >= 11 is 0. The van der Waals surface area contributed by atoms with Crippen molar-refractivity contribution < 1.29 is 10.2 Å². The van der Waals surface area contributed by atoms with Gasteiger partial charge >= 0.3 is 0 Å². The van der Waals surface area contributed by atoms with Gasteiger partial charge in [0.05, 0.1) is 11.0 Å². The van der Waals surface area contributed by atoms with Gasteiger partial charge in [0.2, 0.25) is 0 Å². The van der Waals surface area contributed by atoms with Crippen LogP contribution in [0.5, 0.6) is 0 Å². The Bertz CT molecular complexity index is 629. The standard InChI is InChI=1S/C15H21N3O2/c1-10(20)14-17-12-8-11(16)2-3-13(12)18(14)9-15(4-5-15)6-7-19/h2-3,8,10,19-20H,4-7,9,16H2,1H3. The Kier molecular flexibility index (Phi) is 3.18. The molecule has 4 N–H and O–H groups in total. The first-order valence-electron chi connectivity index (χ1n) is 7.09. The number of aromatic nitrogens is 2. The molecule has 1 aliphatic rings. The van der Waals surface area contributed by atoms with Crippen molar-refractivity contribution in [3.05, 3.63) is 24.0 Å². The van der Waals surface area contributed by atoms with Crippen molar-refractivity contribution in [2.45, 2.75) is 38.8 Å². The summed E-state index contributed by atoms with van der Waals surface area (Å²) in [6.07, 6.45) is 2.44. The third-order valence-corrected chi connectivity index (χ3v) is 4.27. The molecular formula is C15H21N3O2. The zero-order valence-corrected chi connectivity index (χ0v) is 11.7. The van der Waals surface area contributed by atoms with E-state index in [2.05, 4.69) is 9.55 Å². The highest BCUT2D eigenvalue weighted by atomic mass is 16.3. The van der Waals surface area contributed by atoms with Gasteiger partial charge in [-0.25, -0.2) is 4.98 Å². The third kappa shape index (κ3) is 2.27. The number of hydrogen-bond donors (Lipinski definition) is 3. The van der Waals surface area contributed by atoms with Crippen molar-refractivity contribution in [3.63, 3.8) is 0 Å². The van der Waals surface area contributed by atoms with Crippen LogP contribution in [0.25, 0.3) is 11.0 Å². The van der Waals surface area contributed by atoms with Gasteiger partial charge in [-0.1, -0.05) is 0 Å². The molecular weight excluding hydrogens is 254 g/mol. The molecule has 3 rings (SSSR count). The largest absolute Gasteiger partial charge is 0.399 e. The summed E-state index contributed by atoms with van der Waals surface area (Å²) in [4.78, 5) is 4.52. The molecule has 5 heteroatoms. The number of nitrogen functional groups attached to an aromatic ring is 1. The number of aliphatic hydroxyl groups excluding tert-OH is 2. The van der Waals surface area contributed by atoms with Crippen LogP contribution in [-0.2, 0) is 6.54 Å². The number of nitrogens with zero attached hydrogens (tertiary/aromatic N) is 2. The number of fused-ring (bicyclic) bond motifs is 1. The maximum atomic E-state index is 9.96. The molecule has 0 radical (unpaired) electrons. The summed E-state index contributed by atoms with van der Waals surface area (Å²) in [6, 6.07) is 5.65. The van der Waals surface area contributed by atoms with E-state index in [-0.39, 0.29) is 12.0 Å². The van der Waals surface area contributed by atoms with Gasteiger partial charge in [0.15, 0.2) is 0 Å². The smallest absolute Gasteiger partial charge is 0.138 e. The normalized spacial score (nSPS) is 18.4. The topological polar surface area (TPSA) is 84.3 Å². The van der Waals surface area contributed by atoms with Crippen molar-refractivity contribution in [3.8, 4) is 0 Å². The van der Waals surface area contributed by atoms with Crippen LogP contribution in [0.4, 0.5) is 5.69 Å². The van der Waals surface area contributed by atoms with Crippen LogP contribution in [0.15, 0.2) is 18.2 Å². The molecule has 0 amide bonds. The minimum Gasteiger partial charge on any atom is -0.399 e. The van der Waals surface area contributed by atoms with Gasteiger partial charge in [0.1, 0.15) is 11.9 Å². The second-order valence-electron chi connectivity index (χ2n) is 5.95. The van der Waals surface area contributed by atoms with E-state index in [0.717, 1.165) is 36.8 Å². The Morgan fingerprint density at radius 1 is 1.45 bits per heavy atom. The number of rotatable bonds is 5. The Balaban J connectivity index is 2.05. The number of imidazole rings is 1. The number of hydrogen-bond acceptors (Lipinski definition) is 4. The van der Waals surface area contributed by atoms with E-state index < -0.39 is 6.10 Å². The van der Waals surface area contributed by atoms with E-state index in [1.165, 1.54) is 0 Å². The average molecular weight is 275 g/mol. The lowest BCUT2D eigenvalue weighted by atomic mass is 10.0. The lowest BCUT2D eigenvalue weighted by molar-refractivity contribution is 0.179. The number of benzene rings is 1. The van der Waals surface area contributed by atoms with Crippen molar-refractivity contribution in [1.29, 1.82) is 0 Å². The minimum atomic E-state index is -0.617. The molecule has 1 saturated carbocycles. The second kappa shape index (κ2) is 4.75. The Hall–Kier alpha value is -1.59. The molecule has 1 aromatic heterocycles. The van der Waals surface area contributed by atoms with Crippen LogP contribution in [0.1, 0.15) is 38.1 Å². The first kappa shape index (κ1) is 13.4. The zero-order valence-electron chi connectivity index (χ0n) is 11.7. The molecule has 1 atom stereocenters. The van der Waals surface area contributed by atoms with Gasteiger partial charge in [0.25, 0.3) is 0 Å². The lowest BCUT2D eigenvalue weighted by Gasteiger charge is -2.18. The summed E-state index contributed by atoms with van der Waals surface area (Å²) < 4.78 is 2.09. The molecule has 0 spiro atoms. The quantitative estimate of drug-likeness (QED) is 0.727. The van der Waals surface area contributed by atoms with E-state index in [1.807, 2.05) is 18.2 Å². The number of nitrogens with two attached hydrogens (primary N) is 1. The molecule has 1 aromatic carbocycles. The SMILES string of the molecule is CC(O)c1nc2cc(N)ccc2n1CC1(CCO)CC1. The van der Waals surface area contributed by atoms with E-state index >= 15 is 0 Å². The highest BCUT2D eigenvalue weighted by Gasteiger charge is 2.43. The fraction of sp³-hybridized carbons (Fsp3) is 0.533. The lowest BCUT2D eigenvalue weighted by Crippen LogP contribution is -2.16. The Morgan fingerprint density at radius 2 is 2.20 bits per heavy atom. The molecule has 0 saturated heterocycles. The third-order valence-electron chi connectivity index (χ3n) is 4.27. The molecule has 1 aliphatic carbocycles. The van der Waals surface area contributed by atoms with Crippen LogP contribution in [0.3, 0.4) is 0 Å². The molecule has 1 heterocycles. The van der Waals surface area contributed by atoms with Crippen LogP contribution >= 0.6 is 0 Å². The number of aliphatic hydroxyl groups is 2. The molecule has 108 valence electrons. The van der Waals surface area contributed by atoms with Crippen molar-refractivity contribution in [2.24, 2.45) is 5.41 Å². The average Bonchev–Trinajstić information content (AvgIpc) is 3.05. The minimum absolute atomic E-state index is 0.174. The molecule has 0 bridgehead atoms. The molecule has 5 nitrogen and oxygen atoms in total. The Labute approximate surface area is 118 Å². The summed E-state index contributed by atoms with van der Waals surface area (Å²) in [5, 5.41) is 19.2. The summed E-state index contributed by atoms with van der Waals surface area (Å²) in [5.74, 6) is 0.676. The van der Waals surface area contributed by atoms with Crippen molar-refractivity contribution in [1.82, 2.24) is 9.55 Å². The first-order valence-corrected chi connectivity index (χ1v) is 7.09. The predicted molar refractivity (Wildman–Crippen MR) is 78.1 cm³/mol. The highest BCUT2D eigenvalue weighted by Crippen LogP contribution is 2.50.